The van der Waals surface area contributed by atoms with Crippen LogP contribution in [0.2, 0.25) is 0 Å². The zero-order chi connectivity index (χ0) is 11.0. The molecule has 0 heterocycles. The Hall–Kier alpha value is -1.57. The van der Waals surface area contributed by atoms with Crippen LogP contribution in [0.25, 0.3) is 5.70 Å². The van der Waals surface area contributed by atoms with Gasteiger partial charge >= 0.3 is 0 Å². The van der Waals surface area contributed by atoms with Crippen LogP contribution in [0.1, 0.15) is 18.1 Å². The molecule has 2 nitrogen and oxygen atoms in total. The van der Waals surface area contributed by atoms with Gasteiger partial charge in [0, 0.05) is 12.7 Å². The first-order chi connectivity index (χ1) is 6.67. The van der Waals surface area contributed by atoms with E-state index in [4.69, 9.17) is 5.41 Å². The van der Waals surface area contributed by atoms with Crippen LogP contribution in [0.3, 0.4) is 0 Å². The van der Waals surface area contributed by atoms with Crippen molar-refractivity contribution in [1.82, 2.24) is 5.32 Å². The molecule has 0 unspecified atom stereocenters. The van der Waals surface area contributed by atoms with Gasteiger partial charge in [0.1, 0.15) is 0 Å². The first-order valence-corrected chi connectivity index (χ1v) is 4.55. The topological polar surface area (TPSA) is 35.9 Å². The van der Waals surface area contributed by atoms with Gasteiger partial charge in [0.25, 0.3) is 0 Å². The summed E-state index contributed by atoms with van der Waals surface area (Å²) in [6.45, 7) is 7.64. The van der Waals surface area contributed by atoms with Crippen molar-refractivity contribution < 1.29 is 0 Å². The molecular weight excluding hydrogens is 172 g/mol. The summed E-state index contributed by atoms with van der Waals surface area (Å²) in [7, 11) is 1.88. The molecule has 0 aliphatic rings. The van der Waals surface area contributed by atoms with Crippen LogP contribution in [0.15, 0.2) is 30.8 Å². The lowest BCUT2D eigenvalue weighted by molar-refractivity contribution is 1.12. The van der Waals surface area contributed by atoms with Crippen LogP contribution in [-0.2, 0) is 0 Å². The summed E-state index contributed by atoms with van der Waals surface area (Å²) in [6.07, 6.45) is 1.25. The fourth-order valence-corrected chi connectivity index (χ4v) is 1.05. The number of rotatable bonds is 2. The van der Waals surface area contributed by atoms with Crippen molar-refractivity contribution in [3.05, 3.63) is 42.0 Å². The number of hydrogen-bond acceptors (Lipinski definition) is 2. The highest BCUT2D eigenvalue weighted by Gasteiger charge is 1.97. The molecule has 2 N–H and O–H groups in total. The zero-order valence-corrected chi connectivity index (χ0v) is 9.09. The average Bonchev–Trinajstić information content (AvgIpc) is 2.19. The highest BCUT2D eigenvalue weighted by molar-refractivity contribution is 5.64. The monoisotopic (exact) mass is 190 g/mol. The van der Waals surface area contributed by atoms with Gasteiger partial charge in [-0.15, -0.1) is 0 Å². The molecule has 14 heavy (non-hydrogen) atoms. The van der Waals surface area contributed by atoms with Crippen LogP contribution in [0, 0.1) is 12.3 Å². The number of benzene rings is 1. The molecule has 0 saturated carbocycles. The van der Waals surface area contributed by atoms with E-state index in [1.807, 2.05) is 19.2 Å². The second-order valence-electron chi connectivity index (χ2n) is 2.83. The maximum atomic E-state index is 6.08. The van der Waals surface area contributed by atoms with Crippen molar-refractivity contribution in [2.45, 2.75) is 13.8 Å². The third-order valence-electron chi connectivity index (χ3n) is 1.77. The lowest BCUT2D eigenvalue weighted by Crippen LogP contribution is -2.03. The summed E-state index contributed by atoms with van der Waals surface area (Å²) in [5, 5.41) is 9.11. The van der Waals surface area contributed by atoms with E-state index >= 15 is 0 Å². The molecule has 0 aliphatic carbocycles. The summed E-state index contributed by atoms with van der Waals surface area (Å²) in [5.74, 6) is 0. The van der Waals surface area contributed by atoms with Crippen LogP contribution >= 0.6 is 0 Å². The van der Waals surface area contributed by atoms with Gasteiger partial charge in [-0.3, -0.25) is 0 Å². The summed E-state index contributed by atoms with van der Waals surface area (Å²) in [5.41, 5.74) is 3.42. The number of nitrogens with one attached hydrogen (secondary N) is 2. The molecule has 1 aromatic rings. The molecule has 0 aromatic heterocycles. The normalized spacial score (nSPS) is 8.21. The van der Waals surface area contributed by atoms with Gasteiger partial charge in [-0.2, -0.15) is 0 Å². The van der Waals surface area contributed by atoms with Gasteiger partial charge in [0.05, 0.1) is 0 Å². The quantitative estimate of drug-likeness (QED) is 0.691. The van der Waals surface area contributed by atoms with E-state index in [1.54, 1.807) is 6.92 Å². The molecule has 76 valence electrons. The maximum Gasteiger partial charge on any atom is 0.0340 e. The molecule has 0 aliphatic heterocycles. The molecule has 0 spiro atoms. The molecule has 2 heteroatoms. The predicted octanol–water partition coefficient (Wildman–Crippen LogP) is 2.84. The van der Waals surface area contributed by atoms with Crippen molar-refractivity contribution >= 4 is 11.9 Å². The molecular formula is C12H18N2. The Labute approximate surface area is 86.2 Å². The van der Waals surface area contributed by atoms with E-state index in [-0.39, 0.29) is 0 Å². The van der Waals surface area contributed by atoms with E-state index in [2.05, 4.69) is 31.0 Å². The van der Waals surface area contributed by atoms with E-state index in [0.29, 0.717) is 0 Å². The summed E-state index contributed by atoms with van der Waals surface area (Å²) in [4.78, 5) is 0. The maximum absolute atomic E-state index is 6.08. The molecule has 1 rings (SSSR count). The van der Waals surface area contributed by atoms with Crippen LogP contribution < -0.4 is 5.32 Å². The molecule has 0 radical (unpaired) electrons. The second-order valence-corrected chi connectivity index (χ2v) is 2.83. The van der Waals surface area contributed by atoms with Gasteiger partial charge in [0.2, 0.25) is 0 Å². The fourth-order valence-electron chi connectivity index (χ4n) is 1.05. The van der Waals surface area contributed by atoms with Crippen molar-refractivity contribution in [2.75, 3.05) is 7.05 Å². The van der Waals surface area contributed by atoms with Crippen molar-refractivity contribution in [3.8, 4) is 0 Å². The Morgan fingerprint density at radius 1 is 1.43 bits per heavy atom. The van der Waals surface area contributed by atoms with Crippen LogP contribution in [0.5, 0.6) is 0 Å². The van der Waals surface area contributed by atoms with Crippen molar-refractivity contribution in [2.24, 2.45) is 0 Å². The predicted molar refractivity (Wildman–Crippen MR) is 63.7 cm³/mol. The van der Waals surface area contributed by atoms with E-state index in [0.717, 1.165) is 5.70 Å². The van der Waals surface area contributed by atoms with Gasteiger partial charge < -0.3 is 10.7 Å². The van der Waals surface area contributed by atoms with E-state index in [1.165, 1.54) is 17.3 Å². The first kappa shape index (κ1) is 12.4. The molecule has 0 atom stereocenters. The standard InChI is InChI=1S/C10H13N.C2H5N/c1-8-6-4-5-7-10(8)9(2)11-3;1-2-3/h4-7,11H,2H2,1,3H3;2-3H,1H3. The highest BCUT2D eigenvalue weighted by Crippen LogP contribution is 2.13. The smallest absolute Gasteiger partial charge is 0.0340 e. The molecule has 0 bridgehead atoms. The summed E-state index contributed by atoms with van der Waals surface area (Å²) in [6, 6.07) is 8.19. The lowest BCUT2D eigenvalue weighted by atomic mass is 10.1. The Bertz CT molecular complexity index is 303. The van der Waals surface area contributed by atoms with Gasteiger partial charge in [-0.25, -0.2) is 0 Å². The Balaban J connectivity index is 0.000000500. The van der Waals surface area contributed by atoms with E-state index in [9.17, 15) is 0 Å². The average molecular weight is 190 g/mol. The Morgan fingerprint density at radius 2 is 1.93 bits per heavy atom. The van der Waals surface area contributed by atoms with Gasteiger partial charge in [-0.1, -0.05) is 30.8 Å². The Kier molecular flexibility index (Phi) is 6.12. The zero-order valence-electron chi connectivity index (χ0n) is 9.09. The molecule has 0 saturated heterocycles. The van der Waals surface area contributed by atoms with Crippen molar-refractivity contribution in [1.29, 1.82) is 5.41 Å². The van der Waals surface area contributed by atoms with Crippen LogP contribution in [-0.4, -0.2) is 13.3 Å². The molecule has 0 fully saturated rings. The summed E-state index contributed by atoms with van der Waals surface area (Å²) < 4.78 is 0. The second kappa shape index (κ2) is 6.89. The minimum atomic E-state index is 0.975. The number of hydrogen-bond donors (Lipinski definition) is 2. The van der Waals surface area contributed by atoms with Crippen molar-refractivity contribution in [3.63, 3.8) is 0 Å². The van der Waals surface area contributed by atoms with Gasteiger partial charge in [0.15, 0.2) is 0 Å². The molecule has 1 aromatic carbocycles. The summed E-state index contributed by atoms with van der Waals surface area (Å²) >= 11 is 0. The first-order valence-electron chi connectivity index (χ1n) is 4.55. The third-order valence-corrected chi connectivity index (χ3v) is 1.77. The largest absolute Gasteiger partial charge is 0.388 e. The lowest BCUT2D eigenvalue weighted by Gasteiger charge is -2.07. The third kappa shape index (κ3) is 3.90. The molecule has 0 amide bonds. The van der Waals surface area contributed by atoms with Gasteiger partial charge in [-0.05, 0) is 31.2 Å². The SMILES string of the molecule is C=C(NC)c1ccccc1C.CC=N. The number of aryl methyl sites for hydroxylation is 1. The van der Waals surface area contributed by atoms with Crippen LogP contribution in [0.4, 0.5) is 0 Å². The minimum absolute atomic E-state index is 0.975. The fraction of sp³-hybridized carbons (Fsp3) is 0.250. The highest BCUT2D eigenvalue weighted by atomic mass is 14.8. The van der Waals surface area contributed by atoms with E-state index < -0.39 is 0 Å². The Morgan fingerprint density at radius 3 is 2.36 bits per heavy atom. The minimum Gasteiger partial charge on any atom is -0.388 e.